The maximum atomic E-state index is 12.8. The Morgan fingerprint density at radius 1 is 1.10 bits per heavy atom. The van der Waals surface area contributed by atoms with Crippen LogP contribution in [0.4, 0.5) is 0 Å². The van der Waals surface area contributed by atoms with Gasteiger partial charge in [-0.25, -0.2) is 4.98 Å². The first-order valence-corrected chi connectivity index (χ1v) is 10.2. The molecule has 0 unspecified atom stereocenters. The third-order valence-corrected chi connectivity index (χ3v) is 5.33. The van der Waals surface area contributed by atoms with Crippen molar-refractivity contribution in [2.24, 2.45) is 0 Å². The van der Waals surface area contributed by atoms with E-state index in [1.165, 1.54) is 19.3 Å². The van der Waals surface area contributed by atoms with Gasteiger partial charge in [0, 0.05) is 25.5 Å². The van der Waals surface area contributed by atoms with E-state index in [-0.39, 0.29) is 11.9 Å². The summed E-state index contributed by atoms with van der Waals surface area (Å²) < 4.78 is 3.71. The predicted octanol–water partition coefficient (Wildman–Crippen LogP) is 2.13. The number of hydrogen-bond donors (Lipinski definition) is 1. The average molecular weight is 393 g/mol. The molecule has 1 amide bonds. The van der Waals surface area contributed by atoms with Crippen molar-refractivity contribution < 1.29 is 4.79 Å². The molecule has 1 N–H and O–H groups in total. The van der Waals surface area contributed by atoms with Crippen LogP contribution in [0.1, 0.15) is 41.4 Å². The number of imidazole rings is 1. The molecule has 8 nitrogen and oxygen atoms in total. The fraction of sp³-hybridized carbons (Fsp3) is 0.429. The molecule has 3 heterocycles. The number of piperidine rings is 1. The number of aromatic nitrogens is 5. The van der Waals surface area contributed by atoms with Crippen molar-refractivity contribution in [3.05, 3.63) is 66.5 Å². The number of benzene rings is 1. The Morgan fingerprint density at radius 3 is 2.69 bits per heavy atom. The van der Waals surface area contributed by atoms with Crippen LogP contribution in [0.15, 0.2) is 55.2 Å². The molecule has 0 aliphatic carbocycles. The van der Waals surface area contributed by atoms with Gasteiger partial charge >= 0.3 is 0 Å². The Labute approximate surface area is 170 Å². The molecule has 1 aliphatic heterocycles. The number of likely N-dealkylation sites (tertiary alicyclic amines) is 1. The van der Waals surface area contributed by atoms with Crippen molar-refractivity contribution in [3.8, 4) is 0 Å². The molecular weight excluding hydrogens is 366 g/mol. The Balaban J connectivity index is 1.39. The summed E-state index contributed by atoms with van der Waals surface area (Å²) in [6, 6.07) is 9.75. The van der Waals surface area contributed by atoms with E-state index < -0.39 is 0 Å². The molecule has 0 saturated carbocycles. The minimum Gasteiger partial charge on any atom is -0.342 e. The lowest BCUT2D eigenvalue weighted by molar-refractivity contribution is 0.0927. The highest BCUT2D eigenvalue weighted by molar-refractivity contribution is 5.92. The van der Waals surface area contributed by atoms with E-state index in [1.807, 2.05) is 41.1 Å². The number of nitrogens with zero attached hydrogens (tertiary/aromatic N) is 6. The number of carbonyl (C=O) groups excluding carboxylic acids is 1. The van der Waals surface area contributed by atoms with Crippen molar-refractivity contribution in [2.45, 2.75) is 38.4 Å². The summed E-state index contributed by atoms with van der Waals surface area (Å²) in [5.74, 6) is -0.219. The normalized spacial score (nSPS) is 15.9. The first-order chi connectivity index (χ1) is 14.3. The Kier molecular flexibility index (Phi) is 6.31. The molecule has 152 valence electrons. The molecule has 1 saturated heterocycles. The van der Waals surface area contributed by atoms with E-state index in [4.69, 9.17) is 0 Å². The zero-order chi connectivity index (χ0) is 19.9. The molecule has 0 spiro atoms. The second-order valence-electron chi connectivity index (χ2n) is 7.47. The third-order valence-electron chi connectivity index (χ3n) is 5.33. The van der Waals surface area contributed by atoms with Crippen LogP contribution < -0.4 is 5.32 Å². The van der Waals surface area contributed by atoms with Crippen molar-refractivity contribution in [1.29, 1.82) is 0 Å². The van der Waals surface area contributed by atoms with Crippen LogP contribution in [0.5, 0.6) is 0 Å². The molecule has 1 fully saturated rings. The van der Waals surface area contributed by atoms with Gasteiger partial charge in [-0.1, -0.05) is 42.0 Å². The third kappa shape index (κ3) is 5.29. The van der Waals surface area contributed by atoms with Crippen LogP contribution in [0, 0.1) is 0 Å². The molecule has 1 atom stereocenters. The Morgan fingerprint density at radius 2 is 1.93 bits per heavy atom. The van der Waals surface area contributed by atoms with Crippen molar-refractivity contribution in [1.82, 2.24) is 34.8 Å². The summed E-state index contributed by atoms with van der Waals surface area (Å²) in [5, 5.41) is 11.3. The van der Waals surface area contributed by atoms with Crippen LogP contribution in [0.3, 0.4) is 0 Å². The van der Waals surface area contributed by atoms with Crippen LogP contribution in [0.2, 0.25) is 0 Å². The first kappa shape index (κ1) is 19.3. The van der Waals surface area contributed by atoms with Gasteiger partial charge in [0.25, 0.3) is 5.91 Å². The minimum atomic E-state index is -0.219. The predicted molar refractivity (Wildman–Crippen MR) is 109 cm³/mol. The summed E-state index contributed by atoms with van der Waals surface area (Å²) >= 11 is 0. The molecular formula is C21H27N7O. The quantitative estimate of drug-likeness (QED) is 0.634. The van der Waals surface area contributed by atoms with Crippen molar-refractivity contribution >= 4 is 5.91 Å². The van der Waals surface area contributed by atoms with Gasteiger partial charge in [-0.05, 0) is 31.5 Å². The lowest BCUT2D eigenvalue weighted by Crippen LogP contribution is -2.32. The van der Waals surface area contributed by atoms with Gasteiger partial charge in [0.05, 0.1) is 25.1 Å². The van der Waals surface area contributed by atoms with E-state index in [2.05, 4.69) is 25.5 Å². The van der Waals surface area contributed by atoms with Gasteiger partial charge in [-0.15, -0.1) is 5.10 Å². The largest absolute Gasteiger partial charge is 0.342 e. The summed E-state index contributed by atoms with van der Waals surface area (Å²) in [7, 11) is 0. The van der Waals surface area contributed by atoms with E-state index in [9.17, 15) is 4.79 Å². The number of hydrogen-bond acceptors (Lipinski definition) is 5. The second kappa shape index (κ2) is 9.47. The zero-order valence-corrected chi connectivity index (χ0v) is 16.5. The van der Waals surface area contributed by atoms with Crippen molar-refractivity contribution in [3.63, 3.8) is 0 Å². The first-order valence-electron chi connectivity index (χ1n) is 10.2. The molecule has 29 heavy (non-hydrogen) atoms. The molecule has 0 radical (unpaired) electrons. The average Bonchev–Trinajstić information content (AvgIpc) is 3.45. The topological polar surface area (TPSA) is 80.9 Å². The Bertz CT molecular complexity index is 885. The molecule has 0 bridgehead atoms. The van der Waals surface area contributed by atoms with Gasteiger partial charge in [0.2, 0.25) is 0 Å². The van der Waals surface area contributed by atoms with E-state index in [0.29, 0.717) is 12.2 Å². The number of rotatable bonds is 8. The van der Waals surface area contributed by atoms with Gasteiger partial charge < -0.3 is 14.8 Å². The van der Waals surface area contributed by atoms with Crippen LogP contribution in [-0.2, 0) is 13.1 Å². The highest BCUT2D eigenvalue weighted by Gasteiger charge is 2.19. The maximum Gasteiger partial charge on any atom is 0.274 e. The summed E-state index contributed by atoms with van der Waals surface area (Å²) in [4.78, 5) is 19.3. The fourth-order valence-corrected chi connectivity index (χ4v) is 3.70. The van der Waals surface area contributed by atoms with Gasteiger partial charge in [0.1, 0.15) is 0 Å². The smallest absolute Gasteiger partial charge is 0.274 e. The highest BCUT2D eigenvalue weighted by atomic mass is 16.2. The highest BCUT2D eigenvalue weighted by Crippen LogP contribution is 2.16. The summed E-state index contributed by atoms with van der Waals surface area (Å²) in [5.41, 5.74) is 1.38. The van der Waals surface area contributed by atoms with Gasteiger partial charge in [0.15, 0.2) is 5.69 Å². The minimum absolute atomic E-state index is 0.184. The lowest BCUT2D eigenvalue weighted by atomic mass is 10.1. The molecule has 3 aromatic rings. The molecule has 4 rings (SSSR count). The second-order valence-corrected chi connectivity index (χ2v) is 7.47. The van der Waals surface area contributed by atoms with Gasteiger partial charge in [-0.2, -0.15) is 0 Å². The Hall–Kier alpha value is -3.00. The monoisotopic (exact) mass is 393 g/mol. The molecule has 8 heteroatoms. The van der Waals surface area contributed by atoms with E-state index in [1.54, 1.807) is 23.4 Å². The zero-order valence-electron chi connectivity index (χ0n) is 16.5. The maximum absolute atomic E-state index is 12.8. The van der Waals surface area contributed by atoms with E-state index in [0.717, 1.165) is 31.7 Å². The van der Waals surface area contributed by atoms with Crippen LogP contribution in [-0.4, -0.2) is 55.0 Å². The lowest BCUT2D eigenvalue weighted by Gasteiger charge is -2.25. The SMILES string of the molecule is O=C(N[C@@H](Cn1ccnc1)c1ccccc1)c1cn(CCN2CCCCC2)nn1. The van der Waals surface area contributed by atoms with Crippen LogP contribution >= 0.6 is 0 Å². The fourth-order valence-electron chi connectivity index (χ4n) is 3.70. The van der Waals surface area contributed by atoms with Gasteiger partial charge in [-0.3, -0.25) is 9.48 Å². The van der Waals surface area contributed by atoms with E-state index >= 15 is 0 Å². The number of nitrogens with one attached hydrogen (secondary N) is 1. The van der Waals surface area contributed by atoms with Crippen LogP contribution in [0.25, 0.3) is 0 Å². The number of amides is 1. The van der Waals surface area contributed by atoms with Crippen molar-refractivity contribution in [2.75, 3.05) is 19.6 Å². The molecule has 2 aromatic heterocycles. The summed E-state index contributed by atoms with van der Waals surface area (Å²) in [6.45, 7) is 4.58. The standard InChI is InChI=1S/C21H27N7O/c29-21(20-16-28(25-24-20)14-13-26-10-5-2-6-11-26)23-19(15-27-12-9-22-17-27)18-7-3-1-4-8-18/h1,3-4,7-9,12,16-17,19H,2,5-6,10-11,13-15H2,(H,23,29)/t19-/m0/s1. The number of carbonyl (C=O) groups is 1. The summed E-state index contributed by atoms with van der Waals surface area (Å²) in [6.07, 6.45) is 11.0. The molecule has 1 aromatic carbocycles. The molecule has 1 aliphatic rings.